The van der Waals surface area contributed by atoms with Crippen LogP contribution in [0.4, 0.5) is 18.9 Å². The lowest BCUT2D eigenvalue weighted by Crippen LogP contribution is -2.35. The number of β-amino-alcohol motifs (C(OH)–C–C–N with tert-alkyl or cyclic N) is 1. The number of carbonyl (C=O) groups is 1. The molecule has 0 bridgehead atoms. The number of hydrogen-bond donors (Lipinski definition) is 3. The van der Waals surface area contributed by atoms with Gasteiger partial charge in [-0.2, -0.15) is 18.2 Å². The van der Waals surface area contributed by atoms with Gasteiger partial charge in [0.25, 0.3) is 0 Å². The Labute approximate surface area is 133 Å². The van der Waals surface area contributed by atoms with E-state index in [1.807, 2.05) is 0 Å². The quantitative estimate of drug-likeness (QED) is 0.780. The van der Waals surface area contributed by atoms with E-state index >= 15 is 0 Å². The number of anilines is 1. The summed E-state index contributed by atoms with van der Waals surface area (Å²) in [5.41, 5.74) is 0.785. The average molecular weight is 342 g/mol. The molecular weight excluding hydrogens is 329 g/mol. The molecule has 0 saturated carbocycles. The lowest BCUT2D eigenvalue weighted by molar-refractivity contribution is -0.159. The summed E-state index contributed by atoms with van der Waals surface area (Å²) in [6.07, 6.45) is -4.92. The van der Waals surface area contributed by atoms with E-state index < -0.39 is 24.2 Å². The predicted molar refractivity (Wildman–Crippen MR) is 75.8 cm³/mol. The van der Waals surface area contributed by atoms with Gasteiger partial charge < -0.3 is 20.3 Å². The van der Waals surface area contributed by atoms with Gasteiger partial charge in [0.05, 0.1) is 12.1 Å². The highest BCUT2D eigenvalue weighted by atomic mass is 19.4. The van der Waals surface area contributed by atoms with Crippen molar-refractivity contribution in [2.45, 2.75) is 24.7 Å². The monoisotopic (exact) mass is 342 g/mol. The molecule has 1 aromatic heterocycles. The second-order valence-corrected chi connectivity index (χ2v) is 5.34. The fourth-order valence-corrected chi connectivity index (χ4v) is 2.30. The molecule has 1 aliphatic heterocycles. The fraction of sp³-hybridized carbons (Fsp3) is 0.357. The highest BCUT2D eigenvalue weighted by Crippen LogP contribution is 2.29. The SMILES string of the molecule is O=C(Nc1ccc(-c2noc(C(F)(F)F)n2)cc1)C1CC(O)CN1. The molecule has 3 rings (SSSR count). The Bertz CT molecular complexity index is 730. The number of aliphatic hydroxyl groups is 1. The molecule has 24 heavy (non-hydrogen) atoms. The third-order valence-electron chi connectivity index (χ3n) is 3.50. The Hall–Kier alpha value is -2.46. The van der Waals surface area contributed by atoms with Gasteiger partial charge in [0.1, 0.15) is 0 Å². The van der Waals surface area contributed by atoms with E-state index in [0.29, 0.717) is 24.2 Å². The lowest BCUT2D eigenvalue weighted by Gasteiger charge is -2.11. The van der Waals surface area contributed by atoms with E-state index in [1.54, 1.807) is 0 Å². The van der Waals surface area contributed by atoms with Crippen molar-refractivity contribution in [2.75, 3.05) is 11.9 Å². The first-order valence-electron chi connectivity index (χ1n) is 7.06. The highest BCUT2D eigenvalue weighted by Gasteiger charge is 2.38. The zero-order valence-electron chi connectivity index (χ0n) is 12.2. The number of halogens is 3. The van der Waals surface area contributed by atoms with Crippen LogP contribution in [0.2, 0.25) is 0 Å². The van der Waals surface area contributed by atoms with Crippen molar-refractivity contribution in [3.63, 3.8) is 0 Å². The summed E-state index contributed by atoms with van der Waals surface area (Å²) in [6.45, 7) is 0.358. The van der Waals surface area contributed by atoms with Crippen molar-refractivity contribution >= 4 is 11.6 Å². The van der Waals surface area contributed by atoms with Crippen LogP contribution in [0.15, 0.2) is 28.8 Å². The van der Waals surface area contributed by atoms with Gasteiger partial charge >= 0.3 is 12.1 Å². The molecule has 0 spiro atoms. The minimum atomic E-state index is -4.70. The molecule has 0 aliphatic carbocycles. The third kappa shape index (κ3) is 3.54. The predicted octanol–water partition coefficient (Wildman–Crippen LogP) is 1.42. The number of alkyl halides is 3. The van der Waals surface area contributed by atoms with Crippen molar-refractivity contribution in [1.82, 2.24) is 15.5 Å². The molecule has 7 nitrogen and oxygen atoms in total. The van der Waals surface area contributed by atoms with Crippen LogP contribution < -0.4 is 10.6 Å². The van der Waals surface area contributed by atoms with Crippen LogP contribution in [0.25, 0.3) is 11.4 Å². The maximum absolute atomic E-state index is 12.4. The van der Waals surface area contributed by atoms with Gasteiger partial charge in [0.15, 0.2) is 0 Å². The number of rotatable bonds is 3. The number of nitrogens with one attached hydrogen (secondary N) is 2. The van der Waals surface area contributed by atoms with Gasteiger partial charge in [-0.15, -0.1) is 0 Å². The minimum Gasteiger partial charge on any atom is -0.392 e. The fourth-order valence-electron chi connectivity index (χ4n) is 2.30. The van der Waals surface area contributed by atoms with Gasteiger partial charge in [-0.3, -0.25) is 4.79 Å². The third-order valence-corrected chi connectivity index (χ3v) is 3.50. The standard InChI is InChI=1S/C14H13F3N4O3/c15-14(16,17)13-20-11(21-24-13)7-1-3-8(4-2-7)19-12(23)10-5-9(22)6-18-10/h1-4,9-10,18,22H,5-6H2,(H,19,23). The highest BCUT2D eigenvalue weighted by molar-refractivity contribution is 5.95. The smallest absolute Gasteiger partial charge is 0.392 e. The largest absolute Gasteiger partial charge is 0.471 e. The maximum Gasteiger partial charge on any atom is 0.471 e. The molecule has 10 heteroatoms. The molecular formula is C14H13F3N4O3. The Morgan fingerprint density at radius 3 is 2.58 bits per heavy atom. The number of aromatic nitrogens is 2. The van der Waals surface area contributed by atoms with E-state index in [4.69, 9.17) is 0 Å². The molecule has 1 aromatic carbocycles. The van der Waals surface area contributed by atoms with Crippen LogP contribution in [0.1, 0.15) is 12.3 Å². The van der Waals surface area contributed by atoms with Crippen LogP contribution in [0.3, 0.4) is 0 Å². The van der Waals surface area contributed by atoms with E-state index in [9.17, 15) is 23.1 Å². The van der Waals surface area contributed by atoms with E-state index in [0.717, 1.165) is 0 Å². The molecule has 1 aliphatic rings. The zero-order valence-corrected chi connectivity index (χ0v) is 12.2. The van der Waals surface area contributed by atoms with Crippen molar-refractivity contribution < 1.29 is 27.6 Å². The van der Waals surface area contributed by atoms with Crippen molar-refractivity contribution in [3.05, 3.63) is 30.2 Å². The number of nitrogens with zero attached hydrogens (tertiary/aromatic N) is 2. The second kappa shape index (κ2) is 6.21. The van der Waals surface area contributed by atoms with E-state index in [1.165, 1.54) is 24.3 Å². The molecule has 128 valence electrons. The Morgan fingerprint density at radius 1 is 1.33 bits per heavy atom. The Kier molecular flexibility index (Phi) is 4.24. The first kappa shape index (κ1) is 16.4. The molecule has 2 aromatic rings. The topological polar surface area (TPSA) is 100 Å². The first-order valence-corrected chi connectivity index (χ1v) is 7.06. The molecule has 2 heterocycles. The molecule has 2 atom stereocenters. The Morgan fingerprint density at radius 2 is 2.04 bits per heavy atom. The number of benzene rings is 1. The number of carbonyl (C=O) groups excluding carboxylic acids is 1. The summed E-state index contributed by atoms with van der Waals surface area (Å²) in [6, 6.07) is 5.49. The van der Waals surface area contributed by atoms with Crippen molar-refractivity contribution in [1.29, 1.82) is 0 Å². The average Bonchev–Trinajstić information content (AvgIpc) is 3.16. The number of hydrogen-bond acceptors (Lipinski definition) is 6. The number of amides is 1. The molecule has 0 radical (unpaired) electrons. The van der Waals surface area contributed by atoms with Gasteiger partial charge in [0, 0.05) is 17.8 Å². The zero-order chi connectivity index (χ0) is 17.3. The molecule has 2 unspecified atom stereocenters. The summed E-state index contributed by atoms with van der Waals surface area (Å²) in [5.74, 6) is -1.90. The van der Waals surface area contributed by atoms with Crippen LogP contribution in [0.5, 0.6) is 0 Å². The first-order chi connectivity index (χ1) is 11.3. The summed E-state index contributed by atoms with van der Waals surface area (Å²) >= 11 is 0. The summed E-state index contributed by atoms with van der Waals surface area (Å²) in [5, 5.41) is 18.2. The lowest BCUT2D eigenvalue weighted by atomic mass is 10.1. The molecule has 3 N–H and O–H groups in total. The van der Waals surface area contributed by atoms with Crippen molar-refractivity contribution in [2.24, 2.45) is 0 Å². The van der Waals surface area contributed by atoms with Crippen LogP contribution in [0, 0.1) is 0 Å². The molecule has 1 fully saturated rings. The minimum absolute atomic E-state index is 0.194. The van der Waals surface area contributed by atoms with Crippen LogP contribution in [-0.4, -0.2) is 39.8 Å². The number of aliphatic hydroxyl groups excluding tert-OH is 1. The van der Waals surface area contributed by atoms with Gasteiger partial charge in [0.2, 0.25) is 11.7 Å². The van der Waals surface area contributed by atoms with Crippen LogP contribution >= 0.6 is 0 Å². The van der Waals surface area contributed by atoms with Crippen LogP contribution in [-0.2, 0) is 11.0 Å². The summed E-state index contributed by atoms with van der Waals surface area (Å²) in [7, 11) is 0. The summed E-state index contributed by atoms with van der Waals surface area (Å²) < 4.78 is 41.5. The van der Waals surface area contributed by atoms with Crippen molar-refractivity contribution in [3.8, 4) is 11.4 Å². The van der Waals surface area contributed by atoms with Gasteiger partial charge in [-0.1, -0.05) is 5.16 Å². The van der Waals surface area contributed by atoms with E-state index in [2.05, 4.69) is 25.3 Å². The molecule has 1 amide bonds. The Balaban J connectivity index is 1.67. The maximum atomic E-state index is 12.4. The normalized spacial score (nSPS) is 21.0. The van der Waals surface area contributed by atoms with Gasteiger partial charge in [-0.25, -0.2) is 0 Å². The summed E-state index contributed by atoms with van der Waals surface area (Å²) in [4.78, 5) is 15.3. The van der Waals surface area contributed by atoms with E-state index in [-0.39, 0.29) is 11.7 Å². The molecule has 1 saturated heterocycles. The van der Waals surface area contributed by atoms with Gasteiger partial charge in [-0.05, 0) is 30.7 Å². The second-order valence-electron chi connectivity index (χ2n) is 5.34.